The van der Waals surface area contributed by atoms with Gasteiger partial charge in [0.2, 0.25) is 5.91 Å². The molecule has 122 valence electrons. The molecule has 0 spiro atoms. The number of hydrogen-bond acceptors (Lipinski definition) is 4. The first kappa shape index (κ1) is 16.6. The highest BCUT2D eigenvalue weighted by atomic mass is 32.2. The van der Waals surface area contributed by atoms with E-state index in [1.807, 2.05) is 47.8 Å². The summed E-state index contributed by atoms with van der Waals surface area (Å²) in [6.45, 7) is 0.313. The fraction of sp³-hybridized carbons (Fsp3) is 0.389. The Balaban J connectivity index is 1.46. The van der Waals surface area contributed by atoms with E-state index >= 15 is 0 Å². The molecule has 3 nitrogen and oxygen atoms in total. The maximum atomic E-state index is 12.1. The molecule has 1 aliphatic rings. The molecule has 0 unspecified atom stereocenters. The van der Waals surface area contributed by atoms with Gasteiger partial charge in [0, 0.05) is 21.9 Å². The van der Waals surface area contributed by atoms with Crippen molar-refractivity contribution in [1.82, 2.24) is 5.32 Å². The number of amides is 1. The number of thioether (sulfide) groups is 1. The predicted octanol–water partition coefficient (Wildman–Crippen LogP) is 3.64. The topological polar surface area (TPSA) is 49.3 Å². The molecule has 23 heavy (non-hydrogen) atoms. The number of thiophene rings is 1. The number of rotatable bonds is 8. The number of nitrogens with one attached hydrogen (secondary N) is 1. The molecule has 1 heterocycles. The fourth-order valence-corrected chi connectivity index (χ4v) is 4.39. The highest BCUT2D eigenvalue weighted by Crippen LogP contribution is 2.46. The van der Waals surface area contributed by atoms with Gasteiger partial charge in [-0.1, -0.05) is 24.3 Å². The summed E-state index contributed by atoms with van der Waals surface area (Å²) in [4.78, 5) is 14.2. The molecule has 1 aliphatic carbocycles. The van der Waals surface area contributed by atoms with Gasteiger partial charge in [-0.25, -0.2) is 0 Å². The van der Waals surface area contributed by atoms with E-state index in [4.69, 9.17) is 0 Å². The van der Waals surface area contributed by atoms with E-state index in [-0.39, 0.29) is 11.8 Å². The van der Waals surface area contributed by atoms with E-state index in [1.54, 1.807) is 23.1 Å². The molecule has 0 saturated heterocycles. The molecule has 0 aliphatic heterocycles. The number of carbonyl (C=O) groups excluding carboxylic acids is 1. The van der Waals surface area contributed by atoms with Crippen LogP contribution in [-0.2, 0) is 10.4 Å². The summed E-state index contributed by atoms with van der Waals surface area (Å²) in [7, 11) is 0. The van der Waals surface area contributed by atoms with Crippen molar-refractivity contribution in [3.8, 4) is 0 Å². The standard InChI is InChI=1S/C18H21NO2S2/c20-17(10-12-22-15-5-2-1-3-6-15)19-13-18(21,14-8-9-14)16-7-4-11-23-16/h1-7,11,14,21H,8-10,12-13H2,(H,19,20)/t18-/m1/s1. The van der Waals surface area contributed by atoms with Crippen LogP contribution >= 0.6 is 23.1 Å². The maximum absolute atomic E-state index is 12.1. The van der Waals surface area contributed by atoms with Gasteiger partial charge in [0.1, 0.15) is 5.60 Å². The average Bonchev–Trinajstić information content (AvgIpc) is 3.29. The van der Waals surface area contributed by atoms with Gasteiger partial charge in [0.25, 0.3) is 0 Å². The number of aliphatic hydroxyl groups is 1. The maximum Gasteiger partial charge on any atom is 0.220 e. The Kier molecular flexibility index (Phi) is 5.41. The van der Waals surface area contributed by atoms with Crippen LogP contribution in [-0.4, -0.2) is 23.3 Å². The Morgan fingerprint density at radius 2 is 2.04 bits per heavy atom. The van der Waals surface area contributed by atoms with Gasteiger partial charge < -0.3 is 10.4 Å². The van der Waals surface area contributed by atoms with Crippen LogP contribution in [0.15, 0.2) is 52.7 Å². The highest BCUT2D eigenvalue weighted by Gasteiger charge is 2.45. The Morgan fingerprint density at radius 3 is 2.70 bits per heavy atom. The van der Waals surface area contributed by atoms with Crippen molar-refractivity contribution in [2.75, 3.05) is 12.3 Å². The molecule has 1 atom stereocenters. The minimum absolute atomic E-state index is 0.00376. The molecule has 1 amide bonds. The second-order valence-electron chi connectivity index (χ2n) is 5.86. The van der Waals surface area contributed by atoms with Gasteiger partial charge in [0.05, 0.1) is 6.54 Å². The zero-order valence-corrected chi connectivity index (χ0v) is 14.5. The first-order valence-corrected chi connectivity index (χ1v) is 9.76. The van der Waals surface area contributed by atoms with Crippen LogP contribution < -0.4 is 5.32 Å². The first-order chi connectivity index (χ1) is 11.2. The summed E-state index contributed by atoms with van der Waals surface area (Å²) in [5.74, 6) is 1.03. The van der Waals surface area contributed by atoms with E-state index < -0.39 is 5.60 Å². The number of benzene rings is 1. The molecular formula is C18H21NO2S2. The Bertz CT molecular complexity index is 626. The smallest absolute Gasteiger partial charge is 0.220 e. The van der Waals surface area contributed by atoms with Crippen molar-refractivity contribution in [1.29, 1.82) is 0 Å². The van der Waals surface area contributed by atoms with Gasteiger partial charge in [0.15, 0.2) is 0 Å². The zero-order valence-electron chi connectivity index (χ0n) is 12.9. The average molecular weight is 348 g/mol. The fourth-order valence-electron chi connectivity index (χ4n) is 2.62. The van der Waals surface area contributed by atoms with Crippen molar-refractivity contribution >= 4 is 29.0 Å². The van der Waals surface area contributed by atoms with E-state index in [0.29, 0.717) is 13.0 Å². The van der Waals surface area contributed by atoms with Crippen LogP contribution in [0.25, 0.3) is 0 Å². The minimum Gasteiger partial charge on any atom is -0.382 e. The van der Waals surface area contributed by atoms with Crippen molar-refractivity contribution in [2.24, 2.45) is 5.92 Å². The lowest BCUT2D eigenvalue weighted by Gasteiger charge is -2.27. The summed E-state index contributed by atoms with van der Waals surface area (Å²) in [6.07, 6.45) is 2.53. The third kappa shape index (κ3) is 4.37. The Hall–Kier alpha value is -1.30. The highest BCUT2D eigenvalue weighted by molar-refractivity contribution is 7.99. The lowest BCUT2D eigenvalue weighted by molar-refractivity contribution is -0.122. The Morgan fingerprint density at radius 1 is 1.26 bits per heavy atom. The van der Waals surface area contributed by atoms with Crippen LogP contribution in [0.4, 0.5) is 0 Å². The molecule has 1 aromatic carbocycles. The van der Waals surface area contributed by atoms with Crippen LogP contribution in [0.5, 0.6) is 0 Å². The van der Waals surface area contributed by atoms with E-state index in [0.717, 1.165) is 23.5 Å². The van der Waals surface area contributed by atoms with Gasteiger partial charge >= 0.3 is 0 Å². The molecule has 1 saturated carbocycles. The molecule has 1 fully saturated rings. The molecule has 0 bridgehead atoms. The van der Waals surface area contributed by atoms with Gasteiger partial charge in [-0.05, 0) is 42.3 Å². The summed E-state index contributed by atoms with van der Waals surface area (Å²) < 4.78 is 0. The molecule has 0 radical (unpaired) electrons. The SMILES string of the molecule is O=C(CCSc1ccccc1)NC[C@](O)(c1cccs1)C1CC1. The molecule has 2 aromatic rings. The summed E-state index contributed by atoms with van der Waals surface area (Å²) in [6, 6.07) is 14.0. The molecule has 3 rings (SSSR count). The van der Waals surface area contributed by atoms with Crippen LogP contribution in [0.1, 0.15) is 24.1 Å². The molecular weight excluding hydrogens is 326 g/mol. The van der Waals surface area contributed by atoms with Crippen molar-refractivity contribution in [2.45, 2.75) is 29.8 Å². The largest absolute Gasteiger partial charge is 0.382 e. The Labute approximate surface area is 145 Å². The lowest BCUT2D eigenvalue weighted by atomic mass is 9.95. The van der Waals surface area contributed by atoms with E-state index in [2.05, 4.69) is 5.32 Å². The monoisotopic (exact) mass is 347 g/mol. The van der Waals surface area contributed by atoms with Crippen LogP contribution in [0.2, 0.25) is 0 Å². The molecule has 2 N–H and O–H groups in total. The van der Waals surface area contributed by atoms with Crippen molar-refractivity contribution in [3.05, 3.63) is 52.7 Å². The zero-order chi connectivity index (χ0) is 16.1. The van der Waals surface area contributed by atoms with Crippen LogP contribution in [0, 0.1) is 5.92 Å². The molecule has 1 aromatic heterocycles. The summed E-state index contributed by atoms with van der Waals surface area (Å²) in [5, 5.41) is 15.9. The minimum atomic E-state index is -0.892. The summed E-state index contributed by atoms with van der Waals surface area (Å²) >= 11 is 3.24. The van der Waals surface area contributed by atoms with Gasteiger partial charge in [-0.15, -0.1) is 23.1 Å². The first-order valence-electron chi connectivity index (χ1n) is 7.89. The quantitative estimate of drug-likeness (QED) is 0.717. The van der Waals surface area contributed by atoms with Crippen molar-refractivity contribution < 1.29 is 9.90 Å². The van der Waals surface area contributed by atoms with Crippen LogP contribution in [0.3, 0.4) is 0 Å². The van der Waals surface area contributed by atoms with Crippen molar-refractivity contribution in [3.63, 3.8) is 0 Å². The second kappa shape index (κ2) is 7.51. The predicted molar refractivity (Wildman–Crippen MR) is 95.7 cm³/mol. The second-order valence-corrected chi connectivity index (χ2v) is 7.98. The number of hydrogen-bond donors (Lipinski definition) is 2. The third-order valence-electron chi connectivity index (χ3n) is 4.10. The van der Waals surface area contributed by atoms with Gasteiger partial charge in [-0.2, -0.15) is 0 Å². The normalized spacial score (nSPS) is 16.7. The van der Waals surface area contributed by atoms with E-state index in [9.17, 15) is 9.90 Å². The molecule has 5 heteroatoms. The van der Waals surface area contributed by atoms with Gasteiger partial charge in [-0.3, -0.25) is 4.79 Å². The van der Waals surface area contributed by atoms with E-state index in [1.165, 1.54) is 4.90 Å². The number of carbonyl (C=O) groups is 1. The lowest BCUT2D eigenvalue weighted by Crippen LogP contribution is -2.42. The third-order valence-corrected chi connectivity index (χ3v) is 6.15. The summed E-state index contributed by atoms with van der Waals surface area (Å²) in [5.41, 5.74) is -0.892.